The van der Waals surface area contributed by atoms with Gasteiger partial charge in [-0.25, -0.2) is 18.9 Å². The van der Waals surface area contributed by atoms with Gasteiger partial charge in [-0.15, -0.1) is 5.10 Å². The van der Waals surface area contributed by atoms with Gasteiger partial charge in [0, 0.05) is 43.8 Å². The summed E-state index contributed by atoms with van der Waals surface area (Å²) in [6.07, 6.45) is 5.05. The van der Waals surface area contributed by atoms with Gasteiger partial charge in [-0.05, 0) is 37.3 Å². The van der Waals surface area contributed by atoms with Crippen LogP contribution < -0.4 is 4.90 Å². The highest BCUT2D eigenvalue weighted by atomic mass is 19.1. The molecule has 4 aromatic heterocycles. The van der Waals surface area contributed by atoms with Gasteiger partial charge in [0.2, 0.25) is 5.76 Å². The normalized spacial score (nSPS) is 11.2. The van der Waals surface area contributed by atoms with Crippen molar-refractivity contribution in [2.45, 2.75) is 13.8 Å². The SMILES string of the molecule is Cc1nc(C)c(C(=O)N(C)c2ccc(F)c(-c3nc4ncc(-c5ccccn5)cn4n3)c2)o1. The average molecular weight is 443 g/mol. The minimum atomic E-state index is -0.521. The number of aryl methyl sites for hydroxylation is 2. The molecule has 0 saturated heterocycles. The van der Waals surface area contributed by atoms with Gasteiger partial charge in [0.25, 0.3) is 11.7 Å². The van der Waals surface area contributed by atoms with E-state index >= 15 is 0 Å². The predicted octanol–water partition coefficient (Wildman–Crippen LogP) is 3.87. The van der Waals surface area contributed by atoms with Crippen molar-refractivity contribution < 1.29 is 13.6 Å². The molecule has 0 spiro atoms. The van der Waals surface area contributed by atoms with Gasteiger partial charge in [-0.2, -0.15) is 4.98 Å². The summed E-state index contributed by atoms with van der Waals surface area (Å²) in [6.45, 7) is 3.36. The van der Waals surface area contributed by atoms with Gasteiger partial charge >= 0.3 is 0 Å². The molecule has 1 aromatic carbocycles. The molecule has 0 fully saturated rings. The zero-order valence-electron chi connectivity index (χ0n) is 18.0. The lowest BCUT2D eigenvalue weighted by Gasteiger charge is -2.17. The molecule has 9 nitrogen and oxygen atoms in total. The minimum absolute atomic E-state index is 0.137. The Bertz CT molecular complexity index is 1490. The van der Waals surface area contributed by atoms with E-state index in [1.807, 2.05) is 18.2 Å². The Morgan fingerprint density at radius 1 is 1.12 bits per heavy atom. The third-order valence-corrected chi connectivity index (χ3v) is 5.13. The third-order valence-electron chi connectivity index (χ3n) is 5.13. The quantitative estimate of drug-likeness (QED) is 0.415. The number of pyridine rings is 1. The number of carbonyl (C=O) groups is 1. The van der Waals surface area contributed by atoms with Crippen LogP contribution in [0, 0.1) is 19.7 Å². The third kappa shape index (κ3) is 3.71. The smallest absolute Gasteiger partial charge is 0.295 e. The van der Waals surface area contributed by atoms with E-state index in [2.05, 4.69) is 25.0 Å². The Kier molecular flexibility index (Phi) is 4.89. The fourth-order valence-corrected chi connectivity index (χ4v) is 3.45. The molecule has 0 unspecified atom stereocenters. The van der Waals surface area contributed by atoms with Crippen molar-refractivity contribution >= 4 is 17.4 Å². The van der Waals surface area contributed by atoms with Crippen LogP contribution in [0.25, 0.3) is 28.4 Å². The molecule has 10 heteroatoms. The largest absolute Gasteiger partial charge is 0.436 e. The maximum Gasteiger partial charge on any atom is 0.295 e. The van der Waals surface area contributed by atoms with Crippen molar-refractivity contribution in [3.05, 3.63) is 78.2 Å². The molecule has 0 aliphatic rings. The number of hydrogen-bond donors (Lipinski definition) is 0. The fraction of sp³-hybridized carbons (Fsp3) is 0.130. The summed E-state index contributed by atoms with van der Waals surface area (Å²) in [4.78, 5) is 31.3. The second kappa shape index (κ2) is 7.90. The number of benzene rings is 1. The van der Waals surface area contributed by atoms with E-state index in [0.717, 1.165) is 11.3 Å². The number of amides is 1. The summed E-state index contributed by atoms with van der Waals surface area (Å²) in [5.41, 5.74) is 2.56. The maximum absolute atomic E-state index is 14.7. The summed E-state index contributed by atoms with van der Waals surface area (Å²) in [5, 5.41) is 4.39. The average Bonchev–Trinajstić information content (AvgIpc) is 3.40. The molecule has 0 aliphatic heterocycles. The Morgan fingerprint density at radius 3 is 2.70 bits per heavy atom. The van der Waals surface area contributed by atoms with Crippen LogP contribution in [0.15, 0.2) is 59.4 Å². The number of anilines is 1. The van der Waals surface area contributed by atoms with Crippen molar-refractivity contribution in [3.8, 4) is 22.6 Å². The van der Waals surface area contributed by atoms with Gasteiger partial charge in [-0.3, -0.25) is 9.78 Å². The Hall–Kier alpha value is -4.47. The highest BCUT2D eigenvalue weighted by Gasteiger charge is 2.23. The summed E-state index contributed by atoms with van der Waals surface area (Å²) in [7, 11) is 1.58. The maximum atomic E-state index is 14.7. The van der Waals surface area contributed by atoms with Crippen LogP contribution in [-0.2, 0) is 0 Å². The molecule has 0 atom stereocenters. The first-order valence-electron chi connectivity index (χ1n) is 10.1. The molecule has 164 valence electrons. The van der Waals surface area contributed by atoms with Crippen molar-refractivity contribution in [2.24, 2.45) is 0 Å². The summed E-state index contributed by atoms with van der Waals surface area (Å²) >= 11 is 0. The van der Waals surface area contributed by atoms with Crippen LogP contribution in [0.2, 0.25) is 0 Å². The predicted molar refractivity (Wildman–Crippen MR) is 118 cm³/mol. The molecule has 0 saturated carbocycles. The van der Waals surface area contributed by atoms with Crippen LogP contribution in [0.1, 0.15) is 22.1 Å². The number of halogens is 1. The molecule has 5 rings (SSSR count). The van der Waals surface area contributed by atoms with Gasteiger partial charge in [0.15, 0.2) is 11.7 Å². The lowest BCUT2D eigenvalue weighted by Crippen LogP contribution is -2.26. The highest BCUT2D eigenvalue weighted by molar-refractivity contribution is 6.04. The molecule has 1 amide bonds. The second-order valence-corrected chi connectivity index (χ2v) is 7.41. The van der Waals surface area contributed by atoms with Gasteiger partial charge in [-0.1, -0.05) is 6.07 Å². The Morgan fingerprint density at radius 2 is 1.97 bits per heavy atom. The van der Waals surface area contributed by atoms with E-state index in [-0.39, 0.29) is 17.1 Å². The molecule has 0 aliphatic carbocycles. The molecule has 0 radical (unpaired) electrons. The van der Waals surface area contributed by atoms with Gasteiger partial charge < -0.3 is 9.32 Å². The number of hydrogen-bond acceptors (Lipinski definition) is 7. The van der Waals surface area contributed by atoms with E-state index in [9.17, 15) is 9.18 Å². The number of fused-ring (bicyclic) bond motifs is 1. The number of nitrogens with zero attached hydrogens (tertiary/aromatic N) is 7. The lowest BCUT2D eigenvalue weighted by atomic mass is 10.1. The molecule has 4 heterocycles. The number of oxazole rings is 1. The zero-order valence-corrected chi connectivity index (χ0v) is 18.0. The van der Waals surface area contributed by atoms with Gasteiger partial charge in [0.05, 0.1) is 17.0 Å². The monoisotopic (exact) mass is 443 g/mol. The first-order chi connectivity index (χ1) is 15.9. The molecule has 0 N–H and O–H groups in total. The van der Waals surface area contributed by atoms with Gasteiger partial charge in [0.1, 0.15) is 5.82 Å². The minimum Gasteiger partial charge on any atom is -0.436 e. The van der Waals surface area contributed by atoms with Crippen molar-refractivity contribution in [2.75, 3.05) is 11.9 Å². The summed E-state index contributed by atoms with van der Waals surface area (Å²) in [5.74, 6) is 0.0789. The molecule has 0 bridgehead atoms. The van der Waals surface area contributed by atoms with Crippen LogP contribution in [0.4, 0.5) is 10.1 Å². The van der Waals surface area contributed by atoms with Crippen molar-refractivity contribution in [3.63, 3.8) is 0 Å². The van der Waals surface area contributed by atoms with Crippen LogP contribution in [0.5, 0.6) is 0 Å². The van der Waals surface area contributed by atoms with E-state index in [1.54, 1.807) is 39.5 Å². The molecule has 5 aromatic rings. The first kappa shape index (κ1) is 20.4. The topological polar surface area (TPSA) is 102 Å². The molecular formula is C23H18FN7O2. The van der Waals surface area contributed by atoms with E-state index in [4.69, 9.17) is 4.42 Å². The highest BCUT2D eigenvalue weighted by Crippen LogP contribution is 2.27. The second-order valence-electron chi connectivity index (χ2n) is 7.41. The van der Waals surface area contributed by atoms with E-state index in [0.29, 0.717) is 23.0 Å². The first-order valence-corrected chi connectivity index (χ1v) is 10.1. The van der Waals surface area contributed by atoms with Crippen LogP contribution >= 0.6 is 0 Å². The van der Waals surface area contributed by atoms with E-state index < -0.39 is 11.7 Å². The zero-order chi connectivity index (χ0) is 23.1. The van der Waals surface area contributed by atoms with Crippen molar-refractivity contribution in [1.82, 2.24) is 29.5 Å². The number of rotatable bonds is 4. The molecule has 33 heavy (non-hydrogen) atoms. The Labute approximate surface area is 187 Å². The summed E-state index contributed by atoms with van der Waals surface area (Å²) < 4.78 is 21.6. The van der Waals surface area contributed by atoms with E-state index in [1.165, 1.54) is 27.6 Å². The Balaban J connectivity index is 1.51. The standard InChI is InChI=1S/C23H18FN7O2/c1-13-20(33-14(2)27-13)22(32)30(3)16-7-8-18(24)17(10-16)21-28-23-26-11-15(12-31(23)29-21)19-6-4-5-9-25-19/h4-12H,1-3H3. The lowest BCUT2D eigenvalue weighted by molar-refractivity contribution is 0.0964. The number of aromatic nitrogens is 6. The van der Waals surface area contributed by atoms with Crippen LogP contribution in [-0.4, -0.2) is 42.5 Å². The fourth-order valence-electron chi connectivity index (χ4n) is 3.45. The number of carbonyl (C=O) groups excluding carboxylic acids is 1. The summed E-state index contributed by atoms with van der Waals surface area (Å²) in [6, 6.07) is 9.84. The van der Waals surface area contributed by atoms with Crippen molar-refractivity contribution in [1.29, 1.82) is 0 Å². The molecular weight excluding hydrogens is 425 g/mol. The van der Waals surface area contributed by atoms with Crippen LogP contribution in [0.3, 0.4) is 0 Å².